The Hall–Kier alpha value is -5.35. The summed E-state index contributed by atoms with van der Waals surface area (Å²) in [5.74, 6) is 0.593. The van der Waals surface area contributed by atoms with Crippen molar-refractivity contribution in [1.29, 1.82) is 0 Å². The monoisotopic (exact) mass is 633 g/mol. The molecule has 0 aliphatic carbocycles. The van der Waals surface area contributed by atoms with E-state index in [4.69, 9.17) is 14.1 Å². The van der Waals surface area contributed by atoms with E-state index in [-0.39, 0.29) is 23.4 Å². The van der Waals surface area contributed by atoms with Gasteiger partial charge in [0.25, 0.3) is 11.2 Å². The summed E-state index contributed by atoms with van der Waals surface area (Å²) in [5.41, 5.74) is 4.11. The first-order valence-electron chi connectivity index (χ1n) is 14.9. The Bertz CT molecular complexity index is 2170. The number of fused-ring (bicyclic) bond motifs is 1. The van der Waals surface area contributed by atoms with E-state index in [0.717, 1.165) is 16.7 Å². The van der Waals surface area contributed by atoms with Crippen LogP contribution in [0.25, 0.3) is 23.1 Å². The van der Waals surface area contributed by atoms with Crippen molar-refractivity contribution in [2.24, 2.45) is 4.99 Å². The summed E-state index contributed by atoms with van der Waals surface area (Å²) in [5, 5.41) is 11.5. The van der Waals surface area contributed by atoms with Crippen molar-refractivity contribution >= 4 is 34.8 Å². The molecule has 0 saturated heterocycles. The third-order valence-corrected chi connectivity index (χ3v) is 8.87. The van der Waals surface area contributed by atoms with Gasteiger partial charge in [-0.2, -0.15) is 0 Å². The standard InChI is InChI=1S/C36H31N3O6S/c1-5-44-35(41)31-32(24-9-7-6-8-10-24)37-36-38(33(31)25-15-13-23(14-16-25)21(2)3)34(40)30(46-36)20-27-17-18-29(45-27)26-12-11-22(4)28(19-26)39(42)43/h6-21,33H,5H2,1-4H3/b30-20-. The van der Waals surface area contributed by atoms with Crippen molar-refractivity contribution in [1.82, 2.24) is 4.57 Å². The molecule has 3 aromatic carbocycles. The summed E-state index contributed by atoms with van der Waals surface area (Å²) in [6.07, 6.45) is 1.63. The Morgan fingerprint density at radius 2 is 1.80 bits per heavy atom. The zero-order valence-electron chi connectivity index (χ0n) is 25.7. The number of nitro groups is 1. The van der Waals surface area contributed by atoms with Crippen LogP contribution in [0.5, 0.6) is 0 Å². The highest BCUT2D eigenvalue weighted by atomic mass is 32.1. The van der Waals surface area contributed by atoms with E-state index in [1.165, 1.54) is 17.4 Å². The normalized spacial score (nSPS) is 14.7. The summed E-state index contributed by atoms with van der Waals surface area (Å²) >= 11 is 1.19. The molecule has 9 nitrogen and oxygen atoms in total. The van der Waals surface area contributed by atoms with Gasteiger partial charge in [0, 0.05) is 28.8 Å². The molecular weight excluding hydrogens is 602 g/mol. The van der Waals surface area contributed by atoms with Crippen LogP contribution in [0.1, 0.15) is 60.7 Å². The molecule has 232 valence electrons. The highest BCUT2D eigenvalue weighted by Gasteiger charge is 2.35. The molecule has 10 heteroatoms. The van der Waals surface area contributed by atoms with Crippen LogP contribution in [-0.2, 0) is 9.53 Å². The molecule has 2 aromatic heterocycles. The lowest BCUT2D eigenvalue weighted by molar-refractivity contribution is -0.385. The van der Waals surface area contributed by atoms with Gasteiger partial charge in [-0.15, -0.1) is 0 Å². The number of esters is 1. The number of nitro benzene ring substituents is 1. The van der Waals surface area contributed by atoms with Gasteiger partial charge >= 0.3 is 5.97 Å². The Morgan fingerprint density at radius 3 is 2.48 bits per heavy atom. The third kappa shape index (κ3) is 5.75. The highest BCUT2D eigenvalue weighted by molar-refractivity contribution is 7.07. The Morgan fingerprint density at radius 1 is 1.07 bits per heavy atom. The summed E-state index contributed by atoms with van der Waals surface area (Å²) in [7, 11) is 0. The number of hydrogen-bond donors (Lipinski definition) is 0. The minimum Gasteiger partial charge on any atom is -0.463 e. The van der Waals surface area contributed by atoms with Gasteiger partial charge in [0.05, 0.1) is 33.4 Å². The van der Waals surface area contributed by atoms with Crippen LogP contribution < -0.4 is 14.9 Å². The zero-order valence-corrected chi connectivity index (χ0v) is 26.5. The van der Waals surface area contributed by atoms with E-state index < -0.39 is 16.9 Å². The summed E-state index contributed by atoms with van der Waals surface area (Å²) in [6.45, 7) is 7.80. The first-order valence-corrected chi connectivity index (χ1v) is 15.7. The predicted molar refractivity (Wildman–Crippen MR) is 177 cm³/mol. The molecule has 1 atom stereocenters. The van der Waals surface area contributed by atoms with Gasteiger partial charge < -0.3 is 9.15 Å². The van der Waals surface area contributed by atoms with E-state index in [2.05, 4.69) is 13.8 Å². The lowest BCUT2D eigenvalue weighted by atomic mass is 9.91. The summed E-state index contributed by atoms with van der Waals surface area (Å²) in [6, 6.07) is 24.9. The summed E-state index contributed by atoms with van der Waals surface area (Å²) < 4.78 is 13.5. The minimum absolute atomic E-state index is 0.00295. The van der Waals surface area contributed by atoms with Crippen LogP contribution in [0.15, 0.2) is 105 Å². The number of thiazole rings is 1. The average Bonchev–Trinajstić information content (AvgIpc) is 3.64. The highest BCUT2D eigenvalue weighted by Crippen LogP contribution is 2.36. The van der Waals surface area contributed by atoms with E-state index >= 15 is 0 Å². The molecule has 0 fully saturated rings. The fourth-order valence-electron chi connectivity index (χ4n) is 5.49. The number of benzene rings is 3. The van der Waals surface area contributed by atoms with Gasteiger partial charge in [0.2, 0.25) is 0 Å². The number of aromatic nitrogens is 1. The second kappa shape index (κ2) is 12.6. The smallest absolute Gasteiger partial charge is 0.338 e. The van der Waals surface area contributed by atoms with Crippen LogP contribution >= 0.6 is 11.3 Å². The number of aryl methyl sites for hydroxylation is 1. The third-order valence-electron chi connectivity index (χ3n) is 7.88. The number of nitrogens with zero attached hydrogens (tertiary/aromatic N) is 3. The van der Waals surface area contributed by atoms with E-state index in [0.29, 0.717) is 43.6 Å². The van der Waals surface area contributed by atoms with Crippen LogP contribution in [0.4, 0.5) is 5.69 Å². The number of furan rings is 1. The van der Waals surface area contributed by atoms with Crippen LogP contribution in [0.3, 0.4) is 0 Å². The largest absolute Gasteiger partial charge is 0.463 e. The first-order chi connectivity index (χ1) is 22.2. The van der Waals surface area contributed by atoms with Crippen LogP contribution in [0.2, 0.25) is 0 Å². The van der Waals surface area contributed by atoms with Crippen molar-refractivity contribution in [3.8, 4) is 11.3 Å². The Kier molecular flexibility index (Phi) is 8.38. The van der Waals surface area contributed by atoms with Crippen LogP contribution in [0, 0.1) is 17.0 Å². The van der Waals surface area contributed by atoms with Crippen molar-refractivity contribution in [2.75, 3.05) is 6.61 Å². The minimum atomic E-state index is -0.783. The fraction of sp³-hybridized carbons (Fsp3) is 0.194. The molecule has 0 saturated carbocycles. The van der Waals surface area contributed by atoms with Crippen LogP contribution in [-0.4, -0.2) is 22.1 Å². The predicted octanol–water partition coefficient (Wildman–Crippen LogP) is 6.54. The van der Waals surface area contributed by atoms with Crippen molar-refractivity contribution in [2.45, 2.75) is 39.7 Å². The summed E-state index contributed by atoms with van der Waals surface area (Å²) in [4.78, 5) is 44.2. The van der Waals surface area contributed by atoms with E-state index in [9.17, 15) is 19.7 Å². The SMILES string of the molecule is CCOC(=O)C1=C(c2ccccc2)N=c2s/c(=C\c3ccc(-c4ccc(C)c([N+](=O)[O-])c4)o3)c(=O)n2C1c1ccc(C(C)C)cc1. The molecule has 1 aliphatic rings. The average molecular weight is 634 g/mol. The van der Waals surface area contributed by atoms with E-state index in [1.807, 2.05) is 54.6 Å². The molecule has 0 N–H and O–H groups in total. The molecule has 46 heavy (non-hydrogen) atoms. The Balaban J connectivity index is 1.53. The first kappa shape index (κ1) is 30.7. The number of carbonyl (C=O) groups is 1. The van der Waals surface area contributed by atoms with Crippen molar-refractivity contribution < 1.29 is 18.9 Å². The number of carbonyl (C=O) groups excluding carboxylic acids is 1. The molecule has 0 bridgehead atoms. The number of rotatable bonds is 8. The Labute approximate surface area is 268 Å². The lowest BCUT2D eigenvalue weighted by Gasteiger charge is -2.26. The van der Waals surface area contributed by atoms with Gasteiger partial charge in [0.1, 0.15) is 11.5 Å². The molecule has 3 heterocycles. The molecule has 1 unspecified atom stereocenters. The molecule has 0 radical (unpaired) electrons. The second-order valence-electron chi connectivity index (χ2n) is 11.2. The number of hydrogen-bond acceptors (Lipinski definition) is 8. The second-order valence-corrected chi connectivity index (χ2v) is 12.2. The molecule has 5 aromatic rings. The number of ether oxygens (including phenoxy) is 1. The van der Waals surface area contributed by atoms with Gasteiger partial charge in [0.15, 0.2) is 4.80 Å². The molecule has 0 amide bonds. The maximum absolute atomic E-state index is 14.2. The molecular formula is C36H31N3O6S. The molecule has 6 rings (SSSR count). The van der Waals surface area contributed by atoms with Crippen molar-refractivity contribution in [3.63, 3.8) is 0 Å². The quantitative estimate of drug-likeness (QED) is 0.109. The van der Waals surface area contributed by atoms with Crippen molar-refractivity contribution in [3.05, 3.63) is 148 Å². The lowest BCUT2D eigenvalue weighted by Crippen LogP contribution is -2.40. The fourth-order valence-corrected chi connectivity index (χ4v) is 6.47. The van der Waals surface area contributed by atoms with Gasteiger partial charge in [-0.3, -0.25) is 19.5 Å². The topological polar surface area (TPSA) is 117 Å². The maximum Gasteiger partial charge on any atom is 0.338 e. The van der Waals surface area contributed by atoms with Gasteiger partial charge in [-0.1, -0.05) is 91.9 Å². The van der Waals surface area contributed by atoms with Gasteiger partial charge in [-0.25, -0.2) is 9.79 Å². The molecule has 0 spiro atoms. The molecule has 1 aliphatic heterocycles. The maximum atomic E-state index is 14.2. The zero-order chi connectivity index (χ0) is 32.5. The van der Waals surface area contributed by atoms with Gasteiger partial charge in [-0.05, 0) is 43.0 Å². The van der Waals surface area contributed by atoms with E-state index in [1.54, 1.807) is 48.8 Å².